The minimum atomic E-state index is -0.325. The van der Waals surface area contributed by atoms with E-state index in [1.165, 1.54) is 0 Å². The molecule has 1 fully saturated rings. The first kappa shape index (κ1) is 13.1. The largest absolute Gasteiger partial charge is 0.464 e. The zero-order valence-corrected chi connectivity index (χ0v) is 10.7. The van der Waals surface area contributed by atoms with Crippen LogP contribution in [0.4, 0.5) is 0 Å². The van der Waals surface area contributed by atoms with Gasteiger partial charge < -0.3 is 9.15 Å². The van der Waals surface area contributed by atoms with Crippen molar-refractivity contribution in [2.24, 2.45) is 5.84 Å². The lowest BCUT2D eigenvalue weighted by atomic mass is 10.2. The summed E-state index contributed by atoms with van der Waals surface area (Å²) >= 11 is 0. The number of hydrazine groups is 1. The van der Waals surface area contributed by atoms with Crippen LogP contribution in [0.1, 0.15) is 28.3 Å². The number of hydrogen-bond acceptors (Lipinski definition) is 5. The second-order valence-electron chi connectivity index (χ2n) is 4.59. The molecule has 1 unspecified atom stereocenters. The minimum Gasteiger partial charge on any atom is -0.464 e. The Balaban J connectivity index is 2.03. The van der Waals surface area contributed by atoms with Crippen molar-refractivity contribution in [2.45, 2.75) is 25.9 Å². The summed E-state index contributed by atoms with van der Waals surface area (Å²) < 4.78 is 10.9. The van der Waals surface area contributed by atoms with E-state index in [4.69, 9.17) is 15.0 Å². The molecule has 0 radical (unpaired) electrons. The number of nitrogen functional groups attached to an aromatic ring is 1. The number of nitrogens with one attached hydrogen (secondary N) is 1. The zero-order valence-electron chi connectivity index (χ0n) is 10.7. The number of hydrogen-bond donors (Lipinski definition) is 2. The summed E-state index contributed by atoms with van der Waals surface area (Å²) in [6.07, 6.45) is 1.03. The van der Waals surface area contributed by atoms with Gasteiger partial charge in [0.2, 0.25) is 0 Å². The first-order valence-electron chi connectivity index (χ1n) is 6.00. The minimum absolute atomic E-state index is 0.325. The molecule has 6 heteroatoms. The molecule has 3 N–H and O–H groups in total. The Kier molecular flexibility index (Phi) is 4.00. The number of carbonyl (C=O) groups excluding carboxylic acids is 1. The number of nitrogens with two attached hydrogens (primary N) is 1. The molecule has 1 aromatic rings. The van der Waals surface area contributed by atoms with Crippen molar-refractivity contribution < 1.29 is 13.9 Å². The average molecular weight is 253 g/mol. The third-order valence-corrected chi connectivity index (χ3v) is 3.28. The van der Waals surface area contributed by atoms with E-state index in [9.17, 15) is 4.79 Å². The molecule has 0 spiro atoms. The summed E-state index contributed by atoms with van der Waals surface area (Å²) in [5.41, 5.74) is 2.60. The molecule has 0 bridgehead atoms. The van der Waals surface area contributed by atoms with Crippen LogP contribution in [-0.4, -0.2) is 37.1 Å². The van der Waals surface area contributed by atoms with Gasteiger partial charge in [-0.25, -0.2) is 5.84 Å². The normalized spacial score (nSPS) is 19.4. The Morgan fingerprint density at radius 1 is 1.67 bits per heavy atom. The predicted octanol–water partition coefficient (Wildman–Crippen LogP) is 0.412. The number of furan rings is 1. The van der Waals surface area contributed by atoms with Crippen LogP contribution in [0.2, 0.25) is 0 Å². The van der Waals surface area contributed by atoms with E-state index in [1.54, 1.807) is 13.0 Å². The van der Waals surface area contributed by atoms with Crippen LogP contribution < -0.4 is 11.3 Å². The maximum atomic E-state index is 11.5. The van der Waals surface area contributed by atoms with E-state index in [-0.39, 0.29) is 5.91 Å². The number of aryl methyl sites for hydroxylation is 1. The molecule has 1 aliphatic heterocycles. The maximum Gasteiger partial charge on any atom is 0.268 e. The average Bonchev–Trinajstić information content (AvgIpc) is 2.97. The Morgan fingerprint density at radius 2 is 2.44 bits per heavy atom. The standard InChI is InChI=1S/C12H19N3O3/c1-8-11(12(16)14-13)5-10(18-8)6-15(2)9-3-4-17-7-9/h5,9H,3-4,6-7,13H2,1-2H3,(H,14,16). The summed E-state index contributed by atoms with van der Waals surface area (Å²) in [7, 11) is 2.03. The van der Waals surface area contributed by atoms with Crippen LogP contribution in [0, 0.1) is 6.92 Å². The number of amides is 1. The lowest BCUT2D eigenvalue weighted by Crippen LogP contribution is -2.31. The Labute approximate surface area is 106 Å². The molecule has 6 nitrogen and oxygen atoms in total. The molecule has 100 valence electrons. The van der Waals surface area contributed by atoms with E-state index < -0.39 is 0 Å². The molecule has 1 aromatic heterocycles. The van der Waals surface area contributed by atoms with Crippen molar-refractivity contribution in [1.29, 1.82) is 0 Å². The van der Waals surface area contributed by atoms with Crippen molar-refractivity contribution in [1.82, 2.24) is 10.3 Å². The van der Waals surface area contributed by atoms with Crippen LogP contribution in [0.15, 0.2) is 10.5 Å². The van der Waals surface area contributed by atoms with Gasteiger partial charge in [-0.2, -0.15) is 0 Å². The first-order valence-corrected chi connectivity index (χ1v) is 6.00. The second kappa shape index (κ2) is 5.51. The Morgan fingerprint density at radius 3 is 3.06 bits per heavy atom. The number of rotatable bonds is 4. The zero-order chi connectivity index (χ0) is 13.1. The molecular weight excluding hydrogens is 234 g/mol. The summed E-state index contributed by atoms with van der Waals surface area (Å²) in [4.78, 5) is 13.6. The van der Waals surface area contributed by atoms with Gasteiger partial charge in [0.15, 0.2) is 0 Å². The molecule has 0 aromatic carbocycles. The molecule has 1 atom stereocenters. The van der Waals surface area contributed by atoms with Gasteiger partial charge >= 0.3 is 0 Å². The number of carbonyl (C=O) groups is 1. The fourth-order valence-electron chi connectivity index (χ4n) is 2.17. The molecule has 1 aliphatic rings. The molecule has 0 aliphatic carbocycles. The number of ether oxygens (including phenoxy) is 1. The predicted molar refractivity (Wildman–Crippen MR) is 65.8 cm³/mol. The molecule has 1 amide bonds. The SMILES string of the molecule is Cc1oc(CN(C)C2CCOC2)cc1C(=O)NN. The maximum absolute atomic E-state index is 11.5. The highest BCUT2D eigenvalue weighted by molar-refractivity contribution is 5.94. The third-order valence-electron chi connectivity index (χ3n) is 3.28. The monoisotopic (exact) mass is 253 g/mol. The van der Waals surface area contributed by atoms with Crippen molar-refractivity contribution in [3.63, 3.8) is 0 Å². The smallest absolute Gasteiger partial charge is 0.268 e. The highest BCUT2D eigenvalue weighted by Gasteiger charge is 2.22. The fraction of sp³-hybridized carbons (Fsp3) is 0.583. The molecule has 0 saturated carbocycles. The molecule has 18 heavy (non-hydrogen) atoms. The topological polar surface area (TPSA) is 80.7 Å². The second-order valence-corrected chi connectivity index (χ2v) is 4.59. The van der Waals surface area contributed by atoms with Gasteiger partial charge in [0, 0.05) is 12.6 Å². The van der Waals surface area contributed by atoms with Gasteiger partial charge in [0.25, 0.3) is 5.91 Å². The van der Waals surface area contributed by atoms with Gasteiger partial charge in [-0.05, 0) is 26.5 Å². The van der Waals surface area contributed by atoms with Crippen LogP contribution in [0.3, 0.4) is 0 Å². The number of nitrogens with zero attached hydrogens (tertiary/aromatic N) is 1. The van der Waals surface area contributed by atoms with Gasteiger partial charge in [0.05, 0.1) is 18.7 Å². The Hall–Kier alpha value is -1.37. The lowest BCUT2D eigenvalue weighted by molar-refractivity contribution is 0.0952. The first-order chi connectivity index (χ1) is 8.61. The van der Waals surface area contributed by atoms with Crippen molar-refractivity contribution >= 4 is 5.91 Å². The fourth-order valence-corrected chi connectivity index (χ4v) is 2.17. The van der Waals surface area contributed by atoms with E-state index in [1.807, 2.05) is 7.05 Å². The summed E-state index contributed by atoms with van der Waals surface area (Å²) in [5, 5.41) is 0. The Bertz CT molecular complexity index is 424. The quantitative estimate of drug-likeness (QED) is 0.461. The van der Waals surface area contributed by atoms with Crippen LogP contribution >= 0.6 is 0 Å². The van der Waals surface area contributed by atoms with Crippen LogP contribution in [-0.2, 0) is 11.3 Å². The van der Waals surface area contributed by atoms with E-state index in [2.05, 4.69) is 10.3 Å². The van der Waals surface area contributed by atoms with E-state index in [0.717, 1.165) is 25.4 Å². The van der Waals surface area contributed by atoms with Gasteiger partial charge in [-0.3, -0.25) is 15.1 Å². The van der Waals surface area contributed by atoms with Crippen LogP contribution in [0.25, 0.3) is 0 Å². The molecule has 2 heterocycles. The summed E-state index contributed by atoms with van der Waals surface area (Å²) in [6, 6.07) is 2.16. The summed E-state index contributed by atoms with van der Waals surface area (Å²) in [5.74, 6) is 6.14. The van der Waals surface area contributed by atoms with Gasteiger partial charge in [0.1, 0.15) is 11.5 Å². The van der Waals surface area contributed by atoms with Crippen molar-refractivity contribution in [2.75, 3.05) is 20.3 Å². The van der Waals surface area contributed by atoms with E-state index >= 15 is 0 Å². The molecule has 1 saturated heterocycles. The van der Waals surface area contributed by atoms with Crippen LogP contribution in [0.5, 0.6) is 0 Å². The molecule has 2 rings (SSSR count). The lowest BCUT2D eigenvalue weighted by Gasteiger charge is -2.21. The molecular formula is C12H19N3O3. The summed E-state index contributed by atoms with van der Waals surface area (Å²) in [6.45, 7) is 3.98. The third kappa shape index (κ3) is 2.72. The van der Waals surface area contributed by atoms with Gasteiger partial charge in [-0.15, -0.1) is 0 Å². The van der Waals surface area contributed by atoms with Crippen molar-refractivity contribution in [3.05, 3.63) is 23.2 Å². The highest BCUT2D eigenvalue weighted by Crippen LogP contribution is 2.18. The number of likely N-dealkylation sites (N-methyl/N-ethyl adjacent to an activating group) is 1. The van der Waals surface area contributed by atoms with Crippen molar-refractivity contribution in [3.8, 4) is 0 Å². The highest BCUT2D eigenvalue weighted by atomic mass is 16.5. The van der Waals surface area contributed by atoms with E-state index in [0.29, 0.717) is 23.9 Å². The van der Waals surface area contributed by atoms with Gasteiger partial charge in [-0.1, -0.05) is 0 Å².